The lowest BCUT2D eigenvalue weighted by molar-refractivity contribution is -0.145. The Balaban J connectivity index is 1.76. The zero-order valence-electron chi connectivity index (χ0n) is 14.5. The summed E-state index contributed by atoms with van der Waals surface area (Å²) in [6, 6.07) is 12.1. The number of ether oxygens (including phenoxy) is 4. The SMILES string of the molecule is CCOC(=O)COc1ccc2c(c1)O/C(=C\c1cccc(OC)c1)C2=O. The molecule has 0 saturated carbocycles. The van der Waals surface area contributed by atoms with Crippen LogP contribution < -0.4 is 14.2 Å². The second kappa shape index (κ2) is 7.74. The van der Waals surface area contributed by atoms with Crippen molar-refractivity contribution in [2.75, 3.05) is 20.3 Å². The van der Waals surface area contributed by atoms with Crippen molar-refractivity contribution in [3.8, 4) is 17.2 Å². The highest BCUT2D eigenvalue weighted by molar-refractivity contribution is 6.14. The molecular weight excluding hydrogens is 336 g/mol. The van der Waals surface area contributed by atoms with Crippen molar-refractivity contribution < 1.29 is 28.5 Å². The third-order valence-corrected chi connectivity index (χ3v) is 3.69. The highest BCUT2D eigenvalue weighted by Gasteiger charge is 2.27. The van der Waals surface area contributed by atoms with E-state index < -0.39 is 5.97 Å². The van der Waals surface area contributed by atoms with E-state index in [1.54, 1.807) is 44.4 Å². The summed E-state index contributed by atoms with van der Waals surface area (Å²) >= 11 is 0. The van der Waals surface area contributed by atoms with Gasteiger partial charge in [-0.2, -0.15) is 0 Å². The van der Waals surface area contributed by atoms with Gasteiger partial charge in [-0.25, -0.2) is 4.79 Å². The van der Waals surface area contributed by atoms with Crippen LogP contribution in [0, 0.1) is 0 Å². The highest BCUT2D eigenvalue weighted by Crippen LogP contribution is 2.35. The van der Waals surface area contributed by atoms with E-state index in [4.69, 9.17) is 18.9 Å². The topological polar surface area (TPSA) is 71.1 Å². The predicted molar refractivity (Wildman–Crippen MR) is 94.5 cm³/mol. The Labute approximate surface area is 150 Å². The third-order valence-electron chi connectivity index (χ3n) is 3.69. The summed E-state index contributed by atoms with van der Waals surface area (Å²) in [4.78, 5) is 23.8. The van der Waals surface area contributed by atoms with Gasteiger partial charge < -0.3 is 18.9 Å². The van der Waals surface area contributed by atoms with Crippen LogP contribution in [0.2, 0.25) is 0 Å². The first-order chi connectivity index (χ1) is 12.6. The molecule has 6 heteroatoms. The molecule has 0 fully saturated rings. The number of hydrogen-bond acceptors (Lipinski definition) is 6. The minimum atomic E-state index is -0.455. The van der Waals surface area contributed by atoms with Gasteiger partial charge in [0.05, 0.1) is 19.3 Å². The quantitative estimate of drug-likeness (QED) is 0.586. The summed E-state index contributed by atoms with van der Waals surface area (Å²) in [6.45, 7) is 1.82. The van der Waals surface area contributed by atoms with E-state index in [9.17, 15) is 9.59 Å². The fraction of sp³-hybridized carbons (Fsp3) is 0.200. The van der Waals surface area contributed by atoms with Crippen LogP contribution in [0.1, 0.15) is 22.8 Å². The fourth-order valence-corrected chi connectivity index (χ4v) is 2.48. The van der Waals surface area contributed by atoms with Gasteiger partial charge in [0.2, 0.25) is 5.78 Å². The standard InChI is InChI=1S/C20H18O6/c1-3-24-19(21)12-25-15-7-8-16-17(11-15)26-18(20(16)22)10-13-5-4-6-14(9-13)23-2/h4-11H,3,12H2,1-2H3/b18-10-. The molecule has 1 aliphatic heterocycles. The van der Waals surface area contributed by atoms with Gasteiger partial charge in [-0.05, 0) is 42.8 Å². The van der Waals surface area contributed by atoms with Crippen LogP contribution in [-0.2, 0) is 9.53 Å². The molecule has 2 aromatic carbocycles. The minimum absolute atomic E-state index is 0.201. The van der Waals surface area contributed by atoms with Crippen LogP contribution in [0.5, 0.6) is 17.2 Å². The highest BCUT2D eigenvalue weighted by atomic mass is 16.6. The van der Waals surface area contributed by atoms with Crippen molar-refractivity contribution in [3.05, 3.63) is 59.4 Å². The number of methoxy groups -OCH3 is 1. The largest absolute Gasteiger partial charge is 0.497 e. The smallest absolute Gasteiger partial charge is 0.344 e. The third kappa shape index (κ3) is 3.85. The maximum Gasteiger partial charge on any atom is 0.344 e. The molecule has 1 heterocycles. The average Bonchev–Trinajstić information content (AvgIpc) is 2.95. The molecular formula is C20H18O6. The number of hydrogen-bond donors (Lipinski definition) is 0. The van der Waals surface area contributed by atoms with E-state index in [1.807, 2.05) is 18.2 Å². The number of benzene rings is 2. The number of ketones is 1. The number of rotatable bonds is 6. The van der Waals surface area contributed by atoms with Gasteiger partial charge in [-0.15, -0.1) is 0 Å². The molecule has 0 atom stereocenters. The lowest BCUT2D eigenvalue weighted by atomic mass is 10.1. The molecule has 0 spiro atoms. The lowest BCUT2D eigenvalue weighted by Crippen LogP contribution is -2.14. The van der Waals surface area contributed by atoms with Gasteiger partial charge in [-0.3, -0.25) is 4.79 Å². The molecule has 0 N–H and O–H groups in total. The van der Waals surface area contributed by atoms with Crippen molar-refractivity contribution >= 4 is 17.8 Å². The van der Waals surface area contributed by atoms with Crippen LogP contribution >= 0.6 is 0 Å². The second-order valence-corrected chi connectivity index (χ2v) is 5.47. The number of Topliss-reactive ketones (excluding diaryl/α,β-unsaturated/α-hetero) is 1. The normalized spacial score (nSPS) is 13.9. The van der Waals surface area contributed by atoms with E-state index in [0.29, 0.717) is 29.4 Å². The Bertz CT molecular complexity index is 868. The van der Waals surface area contributed by atoms with Crippen LogP contribution in [0.25, 0.3) is 6.08 Å². The van der Waals surface area contributed by atoms with Crippen LogP contribution in [0.3, 0.4) is 0 Å². The zero-order valence-corrected chi connectivity index (χ0v) is 14.5. The summed E-state index contributed by atoms with van der Waals surface area (Å²) in [6.07, 6.45) is 1.66. The van der Waals surface area contributed by atoms with E-state index in [-0.39, 0.29) is 18.1 Å². The van der Waals surface area contributed by atoms with Crippen LogP contribution in [-0.4, -0.2) is 32.1 Å². The number of carbonyl (C=O) groups is 2. The molecule has 0 aromatic heterocycles. The summed E-state index contributed by atoms with van der Waals surface area (Å²) in [5.41, 5.74) is 1.24. The van der Waals surface area contributed by atoms with E-state index >= 15 is 0 Å². The molecule has 0 radical (unpaired) electrons. The Kier molecular flexibility index (Phi) is 5.22. The minimum Gasteiger partial charge on any atom is -0.497 e. The van der Waals surface area contributed by atoms with Crippen molar-refractivity contribution in [3.63, 3.8) is 0 Å². The molecule has 6 nitrogen and oxygen atoms in total. The van der Waals surface area contributed by atoms with E-state index in [0.717, 1.165) is 5.56 Å². The van der Waals surface area contributed by atoms with Crippen LogP contribution in [0.15, 0.2) is 48.2 Å². The number of carbonyl (C=O) groups excluding carboxylic acids is 2. The van der Waals surface area contributed by atoms with Crippen molar-refractivity contribution in [2.45, 2.75) is 6.92 Å². The molecule has 0 bridgehead atoms. The monoisotopic (exact) mass is 354 g/mol. The van der Waals surface area contributed by atoms with Crippen molar-refractivity contribution in [1.29, 1.82) is 0 Å². The van der Waals surface area contributed by atoms with Gasteiger partial charge >= 0.3 is 5.97 Å². The van der Waals surface area contributed by atoms with E-state index in [2.05, 4.69) is 0 Å². The molecule has 0 amide bonds. The first kappa shape index (κ1) is 17.5. The number of allylic oxidation sites excluding steroid dienone is 1. The first-order valence-corrected chi connectivity index (χ1v) is 8.11. The van der Waals surface area contributed by atoms with Gasteiger partial charge in [0.1, 0.15) is 17.2 Å². The summed E-state index contributed by atoms with van der Waals surface area (Å²) in [5, 5.41) is 0. The van der Waals surface area contributed by atoms with Gasteiger partial charge in [0, 0.05) is 6.07 Å². The van der Waals surface area contributed by atoms with E-state index in [1.165, 1.54) is 0 Å². The fourth-order valence-electron chi connectivity index (χ4n) is 2.48. The first-order valence-electron chi connectivity index (χ1n) is 8.11. The maximum atomic E-state index is 12.5. The molecule has 3 rings (SSSR count). The Morgan fingerprint density at radius 2 is 2.00 bits per heavy atom. The lowest BCUT2D eigenvalue weighted by Gasteiger charge is -2.06. The molecule has 0 aliphatic carbocycles. The Hall–Kier alpha value is -3.28. The Morgan fingerprint density at radius 1 is 1.15 bits per heavy atom. The molecule has 1 aliphatic rings. The molecule has 134 valence electrons. The summed E-state index contributed by atoms with van der Waals surface area (Å²) in [7, 11) is 1.58. The number of fused-ring (bicyclic) bond motifs is 1. The molecule has 0 saturated heterocycles. The predicted octanol–water partition coefficient (Wildman–Crippen LogP) is 3.25. The van der Waals surface area contributed by atoms with Crippen molar-refractivity contribution in [2.24, 2.45) is 0 Å². The molecule has 0 unspecified atom stereocenters. The van der Waals surface area contributed by atoms with Crippen LogP contribution in [0.4, 0.5) is 0 Å². The zero-order chi connectivity index (χ0) is 18.5. The maximum absolute atomic E-state index is 12.5. The summed E-state index contributed by atoms with van der Waals surface area (Å²) in [5.74, 6) is 1.06. The number of esters is 1. The summed E-state index contributed by atoms with van der Waals surface area (Å²) < 4.78 is 21.0. The Morgan fingerprint density at radius 3 is 2.77 bits per heavy atom. The molecule has 26 heavy (non-hydrogen) atoms. The van der Waals surface area contributed by atoms with Gasteiger partial charge in [-0.1, -0.05) is 12.1 Å². The second-order valence-electron chi connectivity index (χ2n) is 5.47. The van der Waals surface area contributed by atoms with Gasteiger partial charge in [0.25, 0.3) is 0 Å². The molecule has 2 aromatic rings. The van der Waals surface area contributed by atoms with Gasteiger partial charge in [0.15, 0.2) is 12.4 Å². The van der Waals surface area contributed by atoms with Crippen molar-refractivity contribution in [1.82, 2.24) is 0 Å². The average molecular weight is 354 g/mol.